The van der Waals surface area contributed by atoms with E-state index in [0.29, 0.717) is 5.56 Å². The van der Waals surface area contributed by atoms with Crippen LogP contribution >= 0.6 is 0 Å². The molecule has 0 unspecified atom stereocenters. The molecule has 21 heavy (non-hydrogen) atoms. The van der Waals surface area contributed by atoms with Crippen molar-refractivity contribution >= 4 is 29.7 Å². The number of hydrogen-bond donors (Lipinski definition) is 2. The van der Waals surface area contributed by atoms with Crippen molar-refractivity contribution in [2.45, 2.75) is 0 Å². The van der Waals surface area contributed by atoms with Crippen LogP contribution in [0.4, 0.5) is 5.69 Å². The van der Waals surface area contributed by atoms with Gasteiger partial charge in [-0.25, -0.2) is 0 Å². The van der Waals surface area contributed by atoms with Crippen molar-refractivity contribution in [2.24, 2.45) is 4.99 Å². The highest BCUT2D eigenvalue weighted by Gasteiger charge is 2.13. The number of nitrogens with one attached hydrogen (secondary N) is 1. The summed E-state index contributed by atoms with van der Waals surface area (Å²) in [6.07, 6.45) is 4.71. The summed E-state index contributed by atoms with van der Waals surface area (Å²) in [7, 11) is 0. The molecule has 0 radical (unpaired) electrons. The second kappa shape index (κ2) is 8.09. The number of quaternary nitrogens is 1. The molecule has 0 spiro atoms. The van der Waals surface area contributed by atoms with E-state index in [1.807, 2.05) is 6.07 Å². The zero-order chi connectivity index (χ0) is 15.7. The molecule has 0 saturated carbocycles. The van der Waals surface area contributed by atoms with E-state index in [2.05, 4.69) is 11.7 Å². The van der Waals surface area contributed by atoms with Crippen LogP contribution in [0.3, 0.4) is 0 Å². The normalized spacial score (nSPS) is 10.4. The van der Waals surface area contributed by atoms with E-state index in [0.717, 1.165) is 24.0 Å². The third-order valence-electron chi connectivity index (χ3n) is 2.40. The quantitative estimate of drug-likeness (QED) is 0.331. The van der Waals surface area contributed by atoms with E-state index in [9.17, 15) is 9.59 Å². The van der Waals surface area contributed by atoms with Crippen LogP contribution in [0.2, 0.25) is 0 Å². The first-order valence-corrected chi connectivity index (χ1v) is 5.89. The second-order valence-electron chi connectivity index (χ2n) is 3.86. The summed E-state index contributed by atoms with van der Waals surface area (Å²) >= 11 is 0. The lowest BCUT2D eigenvalue weighted by Gasteiger charge is -1.95. The maximum atomic E-state index is 11.6. The Kier molecular flexibility index (Phi) is 6.12. The minimum Gasteiger partial charge on any atom is -0.293 e. The first kappa shape index (κ1) is 15.9. The van der Waals surface area contributed by atoms with Crippen LogP contribution in [0.1, 0.15) is 5.56 Å². The highest BCUT2D eigenvalue weighted by molar-refractivity contribution is 6.69. The van der Waals surface area contributed by atoms with Gasteiger partial charge in [-0.05, 0) is 18.9 Å². The van der Waals surface area contributed by atoms with Crippen molar-refractivity contribution in [2.75, 3.05) is 0 Å². The molecule has 0 saturated heterocycles. The first-order chi connectivity index (χ1) is 10.1. The third kappa shape index (κ3) is 5.14. The summed E-state index contributed by atoms with van der Waals surface area (Å²) < 4.78 is 0. The fourth-order valence-corrected chi connectivity index (χ4v) is 1.32. The fraction of sp³-hybridized carbons (Fsp3) is 0. The number of rotatable bonds is 7. The van der Waals surface area contributed by atoms with Gasteiger partial charge in [-0.1, -0.05) is 0 Å². The molecule has 6 nitrogen and oxygen atoms in total. The van der Waals surface area contributed by atoms with E-state index in [1.54, 1.807) is 29.6 Å². The van der Waals surface area contributed by atoms with Gasteiger partial charge in [0.15, 0.2) is 0 Å². The minimum absolute atomic E-state index is 0.544. The molecule has 0 amide bonds. The maximum Gasteiger partial charge on any atom is 0.212 e. The van der Waals surface area contributed by atoms with Gasteiger partial charge in [0.25, 0.3) is 0 Å². The summed E-state index contributed by atoms with van der Waals surface area (Å²) in [6.45, 7) is 3.15. The van der Waals surface area contributed by atoms with Crippen LogP contribution in [-0.4, -0.2) is 24.0 Å². The van der Waals surface area contributed by atoms with Crippen LogP contribution in [0.15, 0.2) is 53.8 Å². The van der Waals surface area contributed by atoms with Gasteiger partial charge in [-0.2, -0.15) is 5.26 Å². The Morgan fingerprint density at radius 2 is 1.86 bits per heavy atom. The monoisotopic (exact) mass is 281 g/mol. The van der Waals surface area contributed by atoms with Gasteiger partial charge in [-0.3, -0.25) is 25.3 Å². The van der Waals surface area contributed by atoms with Gasteiger partial charge in [-0.15, -0.1) is 0 Å². The van der Waals surface area contributed by atoms with E-state index in [1.165, 1.54) is 6.20 Å². The number of allylic oxidation sites excluding steroid dienone is 2. The van der Waals surface area contributed by atoms with Crippen molar-refractivity contribution in [1.82, 2.24) is 0 Å². The van der Waals surface area contributed by atoms with Crippen molar-refractivity contribution < 1.29 is 14.9 Å². The second-order valence-corrected chi connectivity index (χ2v) is 3.86. The van der Waals surface area contributed by atoms with E-state index in [4.69, 9.17) is 10.7 Å². The lowest BCUT2D eigenvalue weighted by atomic mass is 10.1. The summed E-state index contributed by atoms with van der Waals surface area (Å²) in [6, 6.07) is 8.76. The molecule has 0 atom stereocenters. The number of benzene rings is 1. The van der Waals surface area contributed by atoms with Crippen molar-refractivity contribution in [1.29, 1.82) is 10.7 Å². The van der Waals surface area contributed by atoms with Crippen LogP contribution in [0.25, 0.3) is 0 Å². The number of nitriles is 1. The molecular weight excluding hydrogens is 268 g/mol. The topological polar surface area (TPSA) is 111 Å². The standard InChI is InChI=1S/C15H12N4O2/c1-18-8-6-13(20)15(17)14(21)7-9-19-12-4-2-11(10-16)3-5-12/h2-9,17,19H,1H2/p+1. The Balaban J connectivity index is 2.59. The van der Waals surface area contributed by atoms with Crippen LogP contribution in [0.5, 0.6) is 0 Å². The number of nitrogens with zero attached hydrogens (tertiary/aromatic N) is 2. The molecule has 0 heterocycles. The van der Waals surface area contributed by atoms with Gasteiger partial charge in [0.05, 0.1) is 11.6 Å². The number of nitrogens with two attached hydrogens (primary N) is 1. The molecular formula is C15H13N4O2+. The molecule has 1 aromatic rings. The van der Waals surface area contributed by atoms with Gasteiger partial charge in [0.1, 0.15) is 17.6 Å². The Labute approximate surface area is 121 Å². The molecule has 104 valence electrons. The summed E-state index contributed by atoms with van der Waals surface area (Å²) in [5.41, 5.74) is 0.702. The molecule has 0 aliphatic carbocycles. The molecule has 0 aromatic heterocycles. The van der Waals surface area contributed by atoms with Gasteiger partial charge < -0.3 is 0 Å². The van der Waals surface area contributed by atoms with Gasteiger partial charge >= 0.3 is 0 Å². The third-order valence-corrected chi connectivity index (χ3v) is 2.40. The lowest BCUT2D eigenvalue weighted by molar-refractivity contribution is -0.496. The van der Waals surface area contributed by atoms with Crippen LogP contribution < -0.4 is 5.32 Å². The Hall–Kier alpha value is -3.17. The fourth-order valence-electron chi connectivity index (χ4n) is 1.32. The minimum atomic E-state index is -0.726. The van der Waals surface area contributed by atoms with E-state index in [-0.39, 0.29) is 0 Å². The molecule has 0 fully saturated rings. The Morgan fingerprint density at radius 1 is 1.24 bits per heavy atom. The molecule has 1 rings (SSSR count). The smallest absolute Gasteiger partial charge is 0.212 e. The molecule has 0 aliphatic heterocycles. The highest BCUT2D eigenvalue weighted by Crippen LogP contribution is 2.02. The van der Waals surface area contributed by atoms with Crippen molar-refractivity contribution in [3.8, 4) is 6.07 Å². The Bertz CT molecular complexity index is 664. The lowest BCUT2D eigenvalue weighted by Crippen LogP contribution is -2.71. The van der Waals surface area contributed by atoms with Crippen molar-refractivity contribution in [3.63, 3.8) is 0 Å². The average molecular weight is 281 g/mol. The molecule has 1 aromatic carbocycles. The molecule has 0 bridgehead atoms. The highest BCUT2D eigenvalue weighted by atomic mass is 16.1. The predicted molar refractivity (Wildman–Crippen MR) is 78.3 cm³/mol. The average Bonchev–Trinajstić information content (AvgIpc) is 2.52. The molecule has 6 heteroatoms. The summed E-state index contributed by atoms with van der Waals surface area (Å²) in [4.78, 5) is 26.2. The van der Waals surface area contributed by atoms with Gasteiger partial charge in [0.2, 0.25) is 11.6 Å². The SMILES string of the molecule is C=NC=CC(=O)C(=N)C(=O)C=C[NH2+]c1ccc(C#N)cc1. The largest absolute Gasteiger partial charge is 0.293 e. The van der Waals surface area contributed by atoms with Crippen molar-refractivity contribution in [3.05, 3.63) is 54.4 Å². The number of aliphatic imine (C=N–C) groups is 1. The number of ketones is 2. The van der Waals surface area contributed by atoms with Crippen LogP contribution in [0, 0.1) is 16.7 Å². The molecule has 3 N–H and O–H groups in total. The van der Waals surface area contributed by atoms with E-state index < -0.39 is 17.3 Å². The maximum absolute atomic E-state index is 11.6. The van der Waals surface area contributed by atoms with Crippen LogP contribution in [-0.2, 0) is 9.59 Å². The zero-order valence-corrected chi connectivity index (χ0v) is 11.1. The van der Waals surface area contributed by atoms with E-state index >= 15 is 0 Å². The van der Waals surface area contributed by atoms with Gasteiger partial charge in [0, 0.05) is 30.5 Å². The Morgan fingerprint density at radius 3 is 2.43 bits per heavy atom. The number of hydrogen-bond acceptors (Lipinski definition) is 5. The summed E-state index contributed by atoms with van der Waals surface area (Å²) in [5.74, 6) is -1.42. The summed E-state index contributed by atoms with van der Waals surface area (Å²) in [5, 5.41) is 17.7. The number of carbonyl (C=O) groups excluding carboxylic acids is 2. The predicted octanol–water partition coefficient (Wildman–Crippen LogP) is 0.639. The number of carbonyl (C=O) groups is 2. The first-order valence-electron chi connectivity index (χ1n) is 5.89. The zero-order valence-electron chi connectivity index (χ0n) is 11.1. The molecule has 0 aliphatic rings.